The number of nitrogens with zero attached hydrogens (tertiary/aromatic N) is 3. The first kappa shape index (κ1) is 15.7. The van der Waals surface area contributed by atoms with Crippen LogP contribution in [0, 0.1) is 6.92 Å². The molecule has 0 fully saturated rings. The van der Waals surface area contributed by atoms with Gasteiger partial charge in [-0.05, 0) is 54.4 Å². The van der Waals surface area contributed by atoms with Crippen molar-refractivity contribution >= 4 is 15.9 Å². The number of aryl methyl sites for hydroxylation is 1. The molecular formula is C17H16BrN3O2. The first-order chi connectivity index (χ1) is 11.1. The number of aliphatic hydroxyl groups excluding tert-OH is 1. The Hall–Kier alpha value is -2.18. The highest BCUT2D eigenvalue weighted by Gasteiger charge is 2.12. The van der Waals surface area contributed by atoms with E-state index in [4.69, 9.17) is 4.74 Å². The molecule has 0 spiro atoms. The van der Waals surface area contributed by atoms with Crippen LogP contribution >= 0.6 is 15.9 Å². The summed E-state index contributed by atoms with van der Waals surface area (Å²) in [5, 5.41) is 14.4. The second-order valence-electron chi connectivity index (χ2n) is 5.21. The van der Waals surface area contributed by atoms with Crippen molar-refractivity contribution in [1.29, 1.82) is 0 Å². The van der Waals surface area contributed by atoms with Crippen LogP contribution in [0.5, 0.6) is 11.5 Å². The fourth-order valence-electron chi connectivity index (χ4n) is 2.33. The average molecular weight is 374 g/mol. The highest BCUT2D eigenvalue weighted by atomic mass is 79.9. The molecule has 0 amide bonds. The molecule has 1 unspecified atom stereocenters. The summed E-state index contributed by atoms with van der Waals surface area (Å²) in [5.41, 5.74) is 1.82. The van der Waals surface area contributed by atoms with Gasteiger partial charge >= 0.3 is 0 Å². The topological polar surface area (TPSA) is 60.2 Å². The number of aromatic nitrogens is 3. The third-order valence-electron chi connectivity index (χ3n) is 3.48. The van der Waals surface area contributed by atoms with Crippen molar-refractivity contribution in [2.45, 2.75) is 19.6 Å². The maximum absolute atomic E-state index is 10.3. The summed E-state index contributed by atoms with van der Waals surface area (Å²) in [5.74, 6) is 1.50. The molecule has 6 heteroatoms. The number of rotatable bonds is 5. The van der Waals surface area contributed by atoms with Gasteiger partial charge in [0.15, 0.2) is 0 Å². The molecule has 118 valence electrons. The standard InChI is InChI=1S/C17H16BrN3O2/c1-12-8-15(23-14-4-2-13(18)3-5-14)6-7-16(12)17(22)9-21-11-19-10-20-21/h2-8,10-11,17,22H,9H2,1H3. The Balaban J connectivity index is 1.73. The molecule has 0 saturated heterocycles. The zero-order valence-electron chi connectivity index (χ0n) is 12.6. The van der Waals surface area contributed by atoms with Gasteiger partial charge in [-0.1, -0.05) is 22.0 Å². The maximum atomic E-state index is 10.3. The summed E-state index contributed by atoms with van der Waals surface area (Å²) >= 11 is 3.40. The Morgan fingerprint density at radius 2 is 1.91 bits per heavy atom. The van der Waals surface area contributed by atoms with Gasteiger partial charge in [-0.3, -0.25) is 4.68 Å². The first-order valence-corrected chi connectivity index (χ1v) is 7.95. The van der Waals surface area contributed by atoms with Crippen LogP contribution < -0.4 is 4.74 Å². The Morgan fingerprint density at radius 1 is 1.17 bits per heavy atom. The van der Waals surface area contributed by atoms with E-state index in [1.807, 2.05) is 49.4 Å². The quantitative estimate of drug-likeness (QED) is 0.737. The van der Waals surface area contributed by atoms with Crippen LogP contribution in [-0.2, 0) is 6.54 Å². The summed E-state index contributed by atoms with van der Waals surface area (Å²) in [6.45, 7) is 2.32. The minimum Gasteiger partial charge on any atom is -0.457 e. The number of halogens is 1. The molecule has 23 heavy (non-hydrogen) atoms. The van der Waals surface area contributed by atoms with Crippen LogP contribution in [-0.4, -0.2) is 19.9 Å². The summed E-state index contributed by atoms with van der Waals surface area (Å²) in [7, 11) is 0. The average Bonchev–Trinajstić information content (AvgIpc) is 3.02. The Bertz CT molecular complexity index is 773. The van der Waals surface area contributed by atoms with Crippen molar-refractivity contribution in [2.24, 2.45) is 0 Å². The molecule has 0 aliphatic heterocycles. The van der Waals surface area contributed by atoms with Crippen LogP contribution in [0.2, 0.25) is 0 Å². The minimum atomic E-state index is -0.640. The predicted molar refractivity (Wildman–Crippen MR) is 90.4 cm³/mol. The van der Waals surface area contributed by atoms with E-state index in [1.54, 1.807) is 11.0 Å². The highest BCUT2D eigenvalue weighted by molar-refractivity contribution is 9.10. The molecule has 0 aliphatic rings. The highest BCUT2D eigenvalue weighted by Crippen LogP contribution is 2.27. The molecule has 0 radical (unpaired) electrons. The molecule has 0 saturated carbocycles. The first-order valence-electron chi connectivity index (χ1n) is 7.16. The number of hydrogen-bond donors (Lipinski definition) is 1. The van der Waals surface area contributed by atoms with E-state index in [9.17, 15) is 5.11 Å². The van der Waals surface area contributed by atoms with Crippen LogP contribution in [0.4, 0.5) is 0 Å². The van der Waals surface area contributed by atoms with E-state index < -0.39 is 6.10 Å². The molecule has 0 aliphatic carbocycles. The number of benzene rings is 2. The van der Waals surface area contributed by atoms with Gasteiger partial charge in [-0.2, -0.15) is 5.10 Å². The summed E-state index contributed by atoms with van der Waals surface area (Å²) in [6.07, 6.45) is 2.40. The Labute approximate surface area is 142 Å². The molecule has 1 atom stereocenters. The van der Waals surface area contributed by atoms with E-state index in [0.29, 0.717) is 6.54 Å². The largest absolute Gasteiger partial charge is 0.457 e. The van der Waals surface area contributed by atoms with Gasteiger partial charge in [-0.15, -0.1) is 0 Å². The molecule has 1 aromatic heterocycles. The third-order valence-corrected chi connectivity index (χ3v) is 4.00. The summed E-state index contributed by atoms with van der Waals surface area (Å²) in [6, 6.07) is 13.3. The lowest BCUT2D eigenvalue weighted by molar-refractivity contribution is 0.150. The van der Waals surface area contributed by atoms with Crippen LogP contribution in [0.3, 0.4) is 0 Å². The van der Waals surface area contributed by atoms with Gasteiger partial charge in [0, 0.05) is 4.47 Å². The van der Waals surface area contributed by atoms with Crippen molar-refractivity contribution in [3.05, 3.63) is 70.7 Å². The van der Waals surface area contributed by atoms with E-state index in [0.717, 1.165) is 27.1 Å². The Kier molecular flexibility index (Phi) is 4.73. The van der Waals surface area contributed by atoms with Crippen LogP contribution in [0.1, 0.15) is 17.2 Å². The normalized spacial score (nSPS) is 12.1. The van der Waals surface area contributed by atoms with E-state index in [1.165, 1.54) is 6.33 Å². The molecule has 2 aromatic carbocycles. The number of ether oxygens (including phenoxy) is 1. The van der Waals surface area contributed by atoms with Gasteiger partial charge in [0.05, 0.1) is 12.6 Å². The van der Waals surface area contributed by atoms with Gasteiger partial charge in [0.2, 0.25) is 0 Å². The smallest absolute Gasteiger partial charge is 0.137 e. The number of hydrogen-bond acceptors (Lipinski definition) is 4. The fourth-order valence-corrected chi connectivity index (χ4v) is 2.59. The number of aliphatic hydroxyl groups is 1. The van der Waals surface area contributed by atoms with Crippen molar-refractivity contribution in [3.63, 3.8) is 0 Å². The van der Waals surface area contributed by atoms with E-state index in [2.05, 4.69) is 26.0 Å². The molecule has 3 aromatic rings. The predicted octanol–water partition coefficient (Wildman–Crippen LogP) is 3.87. The van der Waals surface area contributed by atoms with Gasteiger partial charge < -0.3 is 9.84 Å². The SMILES string of the molecule is Cc1cc(Oc2ccc(Br)cc2)ccc1C(O)Cn1cncn1. The molecule has 3 rings (SSSR count). The van der Waals surface area contributed by atoms with Crippen molar-refractivity contribution in [1.82, 2.24) is 14.8 Å². The molecule has 0 bridgehead atoms. The third kappa shape index (κ3) is 3.97. The second-order valence-corrected chi connectivity index (χ2v) is 6.12. The van der Waals surface area contributed by atoms with Gasteiger partial charge in [-0.25, -0.2) is 4.98 Å². The monoisotopic (exact) mass is 373 g/mol. The van der Waals surface area contributed by atoms with Gasteiger partial charge in [0.25, 0.3) is 0 Å². The molecule has 1 heterocycles. The van der Waals surface area contributed by atoms with Crippen LogP contribution in [0.15, 0.2) is 59.6 Å². The molecule has 5 nitrogen and oxygen atoms in total. The summed E-state index contributed by atoms with van der Waals surface area (Å²) < 4.78 is 8.44. The van der Waals surface area contributed by atoms with Gasteiger partial charge in [0.1, 0.15) is 24.2 Å². The van der Waals surface area contributed by atoms with Crippen molar-refractivity contribution in [3.8, 4) is 11.5 Å². The lowest BCUT2D eigenvalue weighted by atomic mass is 10.0. The lowest BCUT2D eigenvalue weighted by Gasteiger charge is -2.15. The zero-order chi connectivity index (χ0) is 16.2. The van der Waals surface area contributed by atoms with E-state index in [-0.39, 0.29) is 0 Å². The molecule has 1 N–H and O–H groups in total. The molecular weight excluding hydrogens is 358 g/mol. The van der Waals surface area contributed by atoms with E-state index >= 15 is 0 Å². The summed E-state index contributed by atoms with van der Waals surface area (Å²) in [4.78, 5) is 3.88. The van der Waals surface area contributed by atoms with Crippen LogP contribution in [0.25, 0.3) is 0 Å². The zero-order valence-corrected chi connectivity index (χ0v) is 14.1. The maximum Gasteiger partial charge on any atom is 0.137 e. The second kappa shape index (κ2) is 6.93. The Morgan fingerprint density at radius 3 is 2.57 bits per heavy atom. The lowest BCUT2D eigenvalue weighted by Crippen LogP contribution is -2.10. The minimum absolute atomic E-state index is 0.369. The van der Waals surface area contributed by atoms with Crippen molar-refractivity contribution in [2.75, 3.05) is 0 Å². The fraction of sp³-hybridized carbons (Fsp3) is 0.176. The van der Waals surface area contributed by atoms with Crippen molar-refractivity contribution < 1.29 is 9.84 Å².